The Kier molecular flexibility index (Phi) is 5.69. The number of hydrogen-bond acceptors (Lipinski definition) is 4. The first-order valence-corrected chi connectivity index (χ1v) is 8.22. The molecule has 0 atom stereocenters. The van der Waals surface area contributed by atoms with Crippen molar-refractivity contribution in [2.45, 2.75) is 31.3 Å². The van der Waals surface area contributed by atoms with Crippen molar-refractivity contribution in [3.63, 3.8) is 0 Å². The van der Waals surface area contributed by atoms with Crippen LogP contribution in [0.1, 0.15) is 20.8 Å². The Morgan fingerprint density at radius 1 is 1.35 bits per heavy atom. The summed E-state index contributed by atoms with van der Waals surface area (Å²) in [5.41, 5.74) is 5.05. The van der Waals surface area contributed by atoms with Gasteiger partial charge in [-0.05, 0) is 32.9 Å². The maximum absolute atomic E-state index is 12.2. The number of nitrogens with one attached hydrogen (secondary N) is 1. The first-order chi connectivity index (χ1) is 9.10. The Labute approximate surface area is 129 Å². The highest BCUT2D eigenvalue weighted by Crippen LogP contribution is 2.33. The molecule has 0 unspecified atom stereocenters. The number of hydrogen-bond donors (Lipinski definition) is 2. The summed E-state index contributed by atoms with van der Waals surface area (Å²) >= 11 is 11.7. The first-order valence-electron chi connectivity index (χ1n) is 5.98. The van der Waals surface area contributed by atoms with E-state index in [1.165, 1.54) is 12.1 Å². The predicted molar refractivity (Wildman–Crippen MR) is 81.8 cm³/mol. The second kappa shape index (κ2) is 6.49. The average molecular weight is 341 g/mol. The van der Waals surface area contributed by atoms with E-state index in [1.54, 1.807) is 13.8 Å². The van der Waals surface area contributed by atoms with Crippen molar-refractivity contribution in [2.75, 3.05) is 18.9 Å². The largest absolute Gasteiger partial charge is 0.396 e. The molecule has 1 rings (SSSR count). The minimum absolute atomic E-state index is 0.0419. The lowest BCUT2D eigenvalue weighted by atomic mass is 10.1. The predicted octanol–water partition coefficient (Wildman–Crippen LogP) is 2.67. The van der Waals surface area contributed by atoms with Gasteiger partial charge in [-0.3, -0.25) is 0 Å². The minimum atomic E-state index is -3.78. The molecule has 114 valence electrons. The number of nitrogen functional groups attached to an aromatic ring is 1. The average Bonchev–Trinajstić information content (AvgIpc) is 2.34. The van der Waals surface area contributed by atoms with Crippen molar-refractivity contribution in [1.29, 1.82) is 0 Å². The number of anilines is 1. The molecule has 0 fully saturated rings. The van der Waals surface area contributed by atoms with E-state index in [2.05, 4.69) is 4.72 Å². The highest BCUT2D eigenvalue weighted by molar-refractivity contribution is 7.89. The van der Waals surface area contributed by atoms with Crippen LogP contribution in [0, 0.1) is 0 Å². The Balaban J connectivity index is 2.99. The summed E-state index contributed by atoms with van der Waals surface area (Å²) < 4.78 is 32.3. The molecule has 1 aromatic carbocycles. The fourth-order valence-electron chi connectivity index (χ4n) is 1.55. The maximum Gasteiger partial charge on any atom is 0.242 e. The van der Waals surface area contributed by atoms with Crippen LogP contribution >= 0.6 is 23.2 Å². The molecule has 0 saturated heterocycles. The zero-order valence-corrected chi connectivity index (χ0v) is 13.9. The van der Waals surface area contributed by atoms with Crippen molar-refractivity contribution < 1.29 is 13.2 Å². The lowest BCUT2D eigenvalue weighted by Crippen LogP contribution is -2.40. The SMILES string of the molecule is CCOC(C)(C)CNS(=O)(=O)c1ccc(Cl)c(N)c1Cl. The molecule has 1 aromatic rings. The molecule has 0 radical (unpaired) electrons. The smallest absolute Gasteiger partial charge is 0.242 e. The fraction of sp³-hybridized carbons (Fsp3) is 0.500. The highest BCUT2D eigenvalue weighted by atomic mass is 35.5. The highest BCUT2D eigenvalue weighted by Gasteiger charge is 2.25. The van der Waals surface area contributed by atoms with E-state index in [-0.39, 0.29) is 27.2 Å². The summed E-state index contributed by atoms with van der Waals surface area (Å²) in [6.45, 7) is 6.02. The zero-order valence-electron chi connectivity index (χ0n) is 11.5. The molecule has 0 spiro atoms. The molecular weight excluding hydrogens is 323 g/mol. The molecule has 20 heavy (non-hydrogen) atoms. The monoisotopic (exact) mass is 340 g/mol. The Bertz CT molecular complexity index is 589. The van der Waals surface area contributed by atoms with Gasteiger partial charge in [-0.25, -0.2) is 13.1 Å². The lowest BCUT2D eigenvalue weighted by molar-refractivity contribution is -0.00515. The third-order valence-electron chi connectivity index (χ3n) is 2.60. The normalized spacial score (nSPS) is 12.7. The minimum Gasteiger partial charge on any atom is -0.396 e. The molecule has 8 heteroatoms. The summed E-state index contributed by atoms with van der Waals surface area (Å²) in [5, 5.41) is 0.128. The lowest BCUT2D eigenvalue weighted by Gasteiger charge is -2.25. The molecule has 0 aromatic heterocycles. The number of halogens is 2. The molecule has 0 aliphatic heterocycles. The molecule has 5 nitrogen and oxygen atoms in total. The molecule has 0 bridgehead atoms. The van der Waals surface area contributed by atoms with Crippen LogP contribution in [0.3, 0.4) is 0 Å². The third kappa shape index (κ3) is 4.23. The van der Waals surface area contributed by atoms with E-state index in [0.29, 0.717) is 6.61 Å². The van der Waals surface area contributed by atoms with Gasteiger partial charge in [0.15, 0.2) is 0 Å². The van der Waals surface area contributed by atoms with Crippen LogP contribution in [0.15, 0.2) is 17.0 Å². The van der Waals surface area contributed by atoms with Crippen molar-refractivity contribution in [3.05, 3.63) is 22.2 Å². The van der Waals surface area contributed by atoms with Crippen molar-refractivity contribution in [2.24, 2.45) is 0 Å². The quantitative estimate of drug-likeness (QED) is 0.780. The third-order valence-corrected chi connectivity index (χ3v) is 4.90. The van der Waals surface area contributed by atoms with Gasteiger partial charge in [0.2, 0.25) is 10.0 Å². The Morgan fingerprint density at radius 3 is 2.50 bits per heavy atom. The van der Waals surface area contributed by atoms with Gasteiger partial charge in [0.25, 0.3) is 0 Å². The van der Waals surface area contributed by atoms with Gasteiger partial charge in [0.05, 0.1) is 21.3 Å². The molecule has 0 amide bonds. The number of ether oxygens (including phenoxy) is 1. The van der Waals surface area contributed by atoms with Gasteiger partial charge in [-0.2, -0.15) is 0 Å². The summed E-state index contributed by atoms with van der Waals surface area (Å²) in [7, 11) is -3.78. The van der Waals surface area contributed by atoms with Crippen LogP contribution in [0.25, 0.3) is 0 Å². The standard InChI is InChI=1S/C12H18Cl2N2O3S/c1-4-19-12(2,3)7-16-20(17,18)9-6-5-8(13)11(15)10(9)14/h5-6,16H,4,7,15H2,1-3H3. The second-order valence-electron chi connectivity index (χ2n) is 4.79. The van der Waals surface area contributed by atoms with E-state index in [1.807, 2.05) is 6.92 Å². The van der Waals surface area contributed by atoms with Crippen molar-refractivity contribution >= 4 is 38.9 Å². The summed E-state index contributed by atoms with van der Waals surface area (Å²) in [6, 6.07) is 2.71. The summed E-state index contributed by atoms with van der Waals surface area (Å²) in [5.74, 6) is 0. The van der Waals surface area contributed by atoms with Gasteiger partial charge in [0, 0.05) is 13.2 Å². The van der Waals surface area contributed by atoms with Gasteiger partial charge < -0.3 is 10.5 Å². The first kappa shape index (κ1) is 17.5. The fourth-order valence-corrected chi connectivity index (χ4v) is 3.51. The van der Waals surface area contributed by atoms with E-state index < -0.39 is 15.6 Å². The van der Waals surface area contributed by atoms with E-state index in [0.717, 1.165) is 0 Å². The maximum atomic E-state index is 12.2. The van der Waals surface area contributed by atoms with Crippen LogP contribution in [-0.2, 0) is 14.8 Å². The molecule has 0 heterocycles. The molecule has 0 aliphatic rings. The van der Waals surface area contributed by atoms with Crippen LogP contribution in [0.4, 0.5) is 5.69 Å². The molecule has 3 N–H and O–H groups in total. The van der Waals surface area contributed by atoms with Crippen molar-refractivity contribution in [3.8, 4) is 0 Å². The van der Waals surface area contributed by atoms with Crippen LogP contribution in [0.5, 0.6) is 0 Å². The van der Waals surface area contributed by atoms with Gasteiger partial charge in [-0.1, -0.05) is 23.2 Å². The van der Waals surface area contributed by atoms with E-state index in [9.17, 15) is 8.42 Å². The number of rotatable bonds is 6. The van der Waals surface area contributed by atoms with Crippen LogP contribution < -0.4 is 10.5 Å². The topological polar surface area (TPSA) is 81.4 Å². The Hall–Kier alpha value is -0.530. The van der Waals surface area contributed by atoms with Gasteiger partial charge in [0.1, 0.15) is 4.90 Å². The molecule has 0 saturated carbocycles. The second-order valence-corrected chi connectivity index (χ2v) is 7.31. The van der Waals surface area contributed by atoms with E-state index >= 15 is 0 Å². The summed E-state index contributed by atoms with van der Waals surface area (Å²) in [4.78, 5) is -0.103. The number of sulfonamides is 1. The van der Waals surface area contributed by atoms with Crippen LogP contribution in [-0.4, -0.2) is 27.2 Å². The molecule has 0 aliphatic carbocycles. The van der Waals surface area contributed by atoms with Crippen LogP contribution in [0.2, 0.25) is 10.0 Å². The van der Waals surface area contributed by atoms with E-state index in [4.69, 9.17) is 33.7 Å². The van der Waals surface area contributed by atoms with Gasteiger partial charge in [-0.15, -0.1) is 0 Å². The summed E-state index contributed by atoms with van der Waals surface area (Å²) in [6.07, 6.45) is 0. The van der Waals surface area contributed by atoms with Gasteiger partial charge >= 0.3 is 0 Å². The van der Waals surface area contributed by atoms with Crippen molar-refractivity contribution in [1.82, 2.24) is 4.72 Å². The Morgan fingerprint density at radius 2 is 1.95 bits per heavy atom. The molecular formula is C12H18Cl2N2O3S. The zero-order chi connectivity index (χ0) is 15.6. The number of benzene rings is 1. The number of nitrogens with two attached hydrogens (primary N) is 1.